The zero-order valence-electron chi connectivity index (χ0n) is 3.05. The molecule has 0 spiro atoms. The summed E-state index contributed by atoms with van der Waals surface area (Å²) >= 11 is 0. The summed E-state index contributed by atoms with van der Waals surface area (Å²) in [7, 11) is 1.00. The van der Waals surface area contributed by atoms with E-state index >= 15 is 0 Å². The molecule has 0 N–H and O–H groups in total. The molecule has 0 atom stereocenters. The average molecular weight is 229 g/mol. The molecule has 4 nitrogen and oxygen atoms in total. The molecule has 0 saturated heterocycles. The number of rotatable bonds is 1. The molecule has 0 amide bonds. The Morgan fingerprint density at radius 2 is 2.00 bits per heavy atom. The van der Waals surface area contributed by atoms with Gasteiger partial charge in [0, 0.05) is 49.4 Å². The Morgan fingerprint density at radius 1 is 1.83 bits per heavy atom. The molecule has 0 heterocycles. The number of hydrogen-bond acceptors (Lipinski definition) is 3. The first kappa shape index (κ1) is 9.92. The fourth-order valence-corrected chi connectivity index (χ4v) is 0. The van der Waals surface area contributed by atoms with Crippen molar-refractivity contribution in [3.8, 4) is 0 Å². The average Bonchev–Trinajstić information content (AvgIpc) is 1.38. The molecule has 0 aliphatic rings. The normalized spacial score (nSPS) is 5.50. The third kappa shape index (κ3) is 8.84. The van der Waals surface area contributed by atoms with E-state index in [-0.39, 0.29) is 49.4 Å². The molecule has 0 fully saturated rings. The Morgan fingerprint density at radius 3 is 2.00 bits per heavy atom. The van der Waals surface area contributed by atoms with Crippen LogP contribution >= 0.6 is 0 Å². The summed E-state index contributed by atoms with van der Waals surface area (Å²) in [5, 5.41) is 8.08. The molecular formula is CH3EuNO3. The molecule has 0 aliphatic heterocycles. The predicted molar refractivity (Wildman–Crippen MR) is 14.0 cm³/mol. The van der Waals surface area contributed by atoms with Crippen molar-refractivity contribution in [1.82, 2.24) is 0 Å². The zero-order chi connectivity index (χ0) is 4.28. The van der Waals surface area contributed by atoms with E-state index in [1.54, 1.807) is 0 Å². The van der Waals surface area contributed by atoms with E-state index in [1.807, 2.05) is 0 Å². The third-order valence-electron chi connectivity index (χ3n) is 0.149. The van der Waals surface area contributed by atoms with Gasteiger partial charge < -0.3 is 4.84 Å². The van der Waals surface area contributed by atoms with Gasteiger partial charge in [0.1, 0.15) is 0 Å². The molecule has 0 rings (SSSR count). The Kier molecular flexibility index (Phi) is 9.56. The van der Waals surface area contributed by atoms with Crippen molar-refractivity contribution in [2.75, 3.05) is 7.11 Å². The maximum absolute atomic E-state index is 8.95. The Balaban J connectivity index is 0. The van der Waals surface area contributed by atoms with Crippen molar-refractivity contribution in [2.24, 2.45) is 0 Å². The monoisotopic (exact) mass is 230 g/mol. The second-order valence-corrected chi connectivity index (χ2v) is 0.406. The van der Waals surface area contributed by atoms with Crippen LogP contribution in [-0.2, 0) is 4.84 Å². The first-order chi connectivity index (χ1) is 2.27. The van der Waals surface area contributed by atoms with Crippen molar-refractivity contribution in [1.29, 1.82) is 0 Å². The molecule has 0 aromatic rings. The van der Waals surface area contributed by atoms with E-state index in [1.165, 1.54) is 0 Å². The van der Waals surface area contributed by atoms with Gasteiger partial charge in [0.25, 0.3) is 5.09 Å². The van der Waals surface area contributed by atoms with Crippen LogP contribution in [0.4, 0.5) is 0 Å². The van der Waals surface area contributed by atoms with Crippen LogP contribution in [0.3, 0.4) is 0 Å². The third-order valence-corrected chi connectivity index (χ3v) is 0.149. The molecule has 0 aromatic carbocycles. The van der Waals surface area contributed by atoms with Crippen LogP contribution in [0.2, 0.25) is 0 Å². The minimum Gasteiger partial charge on any atom is -0.317 e. The Labute approximate surface area is 75.5 Å². The summed E-state index contributed by atoms with van der Waals surface area (Å²) in [5.41, 5.74) is 0. The molecule has 0 unspecified atom stereocenters. The Bertz CT molecular complexity index is 46.1. The van der Waals surface area contributed by atoms with Crippen LogP contribution in [0.1, 0.15) is 0 Å². The van der Waals surface area contributed by atoms with Gasteiger partial charge in [0.2, 0.25) is 0 Å². The van der Waals surface area contributed by atoms with Crippen LogP contribution in [0.5, 0.6) is 0 Å². The van der Waals surface area contributed by atoms with Gasteiger partial charge in [-0.3, -0.25) is 0 Å². The zero-order valence-corrected chi connectivity index (χ0v) is 5.48. The first-order valence-electron chi connectivity index (χ1n) is 0.956. The summed E-state index contributed by atoms with van der Waals surface area (Å²) < 4.78 is 0. The minimum absolute atomic E-state index is 0. The maximum atomic E-state index is 8.95. The first-order valence-corrected chi connectivity index (χ1v) is 0.956. The summed E-state index contributed by atoms with van der Waals surface area (Å²) in [4.78, 5) is 12.4. The van der Waals surface area contributed by atoms with Crippen LogP contribution in [-0.4, -0.2) is 12.2 Å². The van der Waals surface area contributed by atoms with Crippen LogP contribution in [0.25, 0.3) is 0 Å². The fraction of sp³-hybridized carbons (Fsp3) is 1.00. The summed E-state index contributed by atoms with van der Waals surface area (Å²) in [6.07, 6.45) is 0. The van der Waals surface area contributed by atoms with E-state index in [0.717, 1.165) is 7.11 Å². The SMILES string of the molecule is CO[N+](=O)[O-].[Eu]. The summed E-state index contributed by atoms with van der Waals surface area (Å²) in [5.74, 6) is 0. The molecule has 0 aromatic heterocycles. The maximum Gasteiger partial charge on any atom is 0.294 e. The summed E-state index contributed by atoms with van der Waals surface area (Å²) in [6, 6.07) is 0. The predicted octanol–water partition coefficient (Wildman–Crippen LogP) is -0.175. The topological polar surface area (TPSA) is 52.4 Å². The van der Waals surface area contributed by atoms with Gasteiger partial charge >= 0.3 is 0 Å². The van der Waals surface area contributed by atoms with Crippen LogP contribution in [0.15, 0.2) is 0 Å². The van der Waals surface area contributed by atoms with Gasteiger partial charge in [-0.1, -0.05) is 0 Å². The van der Waals surface area contributed by atoms with E-state index in [4.69, 9.17) is 10.1 Å². The van der Waals surface area contributed by atoms with Crippen molar-refractivity contribution in [3.63, 3.8) is 0 Å². The van der Waals surface area contributed by atoms with E-state index in [9.17, 15) is 0 Å². The molecule has 0 aliphatic carbocycles. The van der Waals surface area contributed by atoms with Gasteiger partial charge in [-0.05, 0) is 0 Å². The van der Waals surface area contributed by atoms with Gasteiger partial charge in [-0.15, -0.1) is 10.1 Å². The van der Waals surface area contributed by atoms with Gasteiger partial charge in [-0.25, -0.2) is 0 Å². The molecular weight excluding hydrogens is 226 g/mol. The molecule has 6 heavy (non-hydrogen) atoms. The van der Waals surface area contributed by atoms with Crippen LogP contribution < -0.4 is 0 Å². The van der Waals surface area contributed by atoms with E-state index in [2.05, 4.69) is 4.84 Å². The van der Waals surface area contributed by atoms with E-state index < -0.39 is 5.09 Å². The Hall–Kier alpha value is 0.784. The van der Waals surface area contributed by atoms with Gasteiger partial charge in [0.05, 0.1) is 7.11 Å². The molecule has 0 saturated carbocycles. The quantitative estimate of drug-likeness (QED) is 0.463. The van der Waals surface area contributed by atoms with Crippen molar-refractivity contribution < 1.29 is 59.3 Å². The fourth-order valence-electron chi connectivity index (χ4n) is 0. The molecule has 5 heteroatoms. The molecule has 1 radical (unpaired) electrons. The second-order valence-electron chi connectivity index (χ2n) is 0.406. The second kappa shape index (κ2) is 5.78. The molecule has 0 bridgehead atoms. The van der Waals surface area contributed by atoms with Crippen LogP contribution in [0, 0.1) is 59.5 Å². The van der Waals surface area contributed by atoms with Crippen molar-refractivity contribution in [2.45, 2.75) is 0 Å². The number of hydrogen-bond donors (Lipinski definition) is 0. The van der Waals surface area contributed by atoms with Crippen molar-refractivity contribution >= 4 is 0 Å². The molecule has 37 valence electrons. The number of nitrogens with zero attached hydrogens (tertiary/aromatic N) is 1. The largest absolute Gasteiger partial charge is 0.317 e. The van der Waals surface area contributed by atoms with Gasteiger partial charge in [0.15, 0.2) is 0 Å². The van der Waals surface area contributed by atoms with Gasteiger partial charge in [-0.2, -0.15) is 0 Å². The minimum atomic E-state index is -0.875. The smallest absolute Gasteiger partial charge is 0.294 e. The van der Waals surface area contributed by atoms with E-state index in [0.29, 0.717) is 0 Å². The van der Waals surface area contributed by atoms with Crippen molar-refractivity contribution in [3.05, 3.63) is 10.1 Å². The standard InChI is InChI=1S/CH3NO3.Eu/c1-5-2(3)4;/h1H3;. The summed E-state index contributed by atoms with van der Waals surface area (Å²) in [6.45, 7) is 0.